The van der Waals surface area contributed by atoms with Crippen molar-refractivity contribution in [2.24, 2.45) is 5.73 Å². The Labute approximate surface area is 121 Å². The Bertz CT molecular complexity index is 579. The van der Waals surface area contributed by atoms with Gasteiger partial charge < -0.3 is 20.7 Å². The molecule has 4 atom stereocenters. The lowest BCUT2D eigenvalue weighted by atomic mass is 10.0. The van der Waals surface area contributed by atoms with Gasteiger partial charge in [-0.25, -0.2) is 4.68 Å². The largest absolute Gasteiger partial charge is 0.386 e. The van der Waals surface area contributed by atoms with Crippen LogP contribution in [0.4, 0.5) is 0 Å². The van der Waals surface area contributed by atoms with E-state index in [0.717, 1.165) is 5.69 Å². The summed E-state index contributed by atoms with van der Waals surface area (Å²) in [5.41, 5.74) is 7.16. The highest BCUT2D eigenvalue weighted by Gasteiger charge is 2.34. The summed E-state index contributed by atoms with van der Waals surface area (Å²) < 4.78 is 6.93. The molecule has 1 aliphatic heterocycles. The standard InChI is InChI=1S/C13H17N5O3/c14-9-5-8(21-13(20)12(9)19)6-18-7-11(16-17-18)10-3-1-2-4-15-10/h1-4,7-9,12-13,19-20H,5-6,14H2/t8-,9?,12?,13+/m0/s1. The van der Waals surface area contributed by atoms with E-state index in [0.29, 0.717) is 18.7 Å². The number of rotatable bonds is 3. The fourth-order valence-electron chi connectivity index (χ4n) is 2.33. The molecule has 1 saturated heterocycles. The maximum atomic E-state index is 9.57. The molecule has 8 nitrogen and oxygen atoms in total. The molecule has 0 amide bonds. The highest BCUT2D eigenvalue weighted by Crippen LogP contribution is 2.19. The van der Waals surface area contributed by atoms with Crippen LogP contribution in [-0.2, 0) is 11.3 Å². The molecular weight excluding hydrogens is 274 g/mol. The van der Waals surface area contributed by atoms with Crippen molar-refractivity contribution in [1.82, 2.24) is 20.0 Å². The van der Waals surface area contributed by atoms with E-state index in [1.54, 1.807) is 17.1 Å². The number of nitrogens with two attached hydrogens (primary N) is 1. The highest BCUT2D eigenvalue weighted by molar-refractivity contribution is 5.51. The van der Waals surface area contributed by atoms with Crippen molar-refractivity contribution in [3.05, 3.63) is 30.6 Å². The molecule has 0 aliphatic carbocycles. The molecule has 2 aromatic rings. The van der Waals surface area contributed by atoms with Gasteiger partial charge in [-0.2, -0.15) is 0 Å². The van der Waals surface area contributed by atoms with Crippen LogP contribution < -0.4 is 5.73 Å². The first-order chi connectivity index (χ1) is 10.1. The van der Waals surface area contributed by atoms with E-state index in [1.165, 1.54) is 0 Å². The third-order valence-electron chi connectivity index (χ3n) is 3.45. The summed E-state index contributed by atoms with van der Waals surface area (Å²) in [6.07, 6.45) is 1.25. The maximum absolute atomic E-state index is 9.57. The molecule has 1 fully saturated rings. The third kappa shape index (κ3) is 3.08. The van der Waals surface area contributed by atoms with Crippen LogP contribution in [-0.4, -0.2) is 54.7 Å². The van der Waals surface area contributed by atoms with Gasteiger partial charge in [-0.1, -0.05) is 11.3 Å². The van der Waals surface area contributed by atoms with Crippen molar-refractivity contribution >= 4 is 0 Å². The lowest BCUT2D eigenvalue weighted by molar-refractivity contribution is -0.223. The average molecular weight is 291 g/mol. The van der Waals surface area contributed by atoms with E-state index >= 15 is 0 Å². The minimum Gasteiger partial charge on any atom is -0.386 e. The first-order valence-electron chi connectivity index (χ1n) is 6.72. The monoisotopic (exact) mass is 291 g/mol. The van der Waals surface area contributed by atoms with Crippen molar-refractivity contribution in [1.29, 1.82) is 0 Å². The summed E-state index contributed by atoms with van der Waals surface area (Å²) in [5.74, 6) is 0. The molecule has 3 heterocycles. The minimum absolute atomic E-state index is 0.323. The molecule has 0 spiro atoms. The zero-order chi connectivity index (χ0) is 14.8. The number of aromatic nitrogens is 4. The number of aliphatic hydroxyl groups is 2. The van der Waals surface area contributed by atoms with Crippen LogP contribution in [0.1, 0.15) is 6.42 Å². The SMILES string of the molecule is NC1C[C@@H](Cn2cc(-c3ccccn3)nn2)O[C@@H](O)C1O. The molecule has 2 aromatic heterocycles. The molecule has 3 rings (SSSR count). The molecule has 112 valence electrons. The predicted molar refractivity (Wildman–Crippen MR) is 72.7 cm³/mol. The zero-order valence-electron chi connectivity index (χ0n) is 11.3. The van der Waals surface area contributed by atoms with E-state index in [1.807, 2.05) is 18.2 Å². The molecule has 1 aliphatic rings. The lowest BCUT2D eigenvalue weighted by Gasteiger charge is -2.34. The smallest absolute Gasteiger partial charge is 0.182 e. The maximum Gasteiger partial charge on any atom is 0.182 e. The molecular formula is C13H17N5O3. The fourth-order valence-corrected chi connectivity index (χ4v) is 2.33. The van der Waals surface area contributed by atoms with Crippen LogP contribution in [0.5, 0.6) is 0 Å². The quantitative estimate of drug-likeness (QED) is 0.672. The Balaban J connectivity index is 1.68. The number of pyridine rings is 1. The average Bonchev–Trinajstić information content (AvgIpc) is 2.94. The van der Waals surface area contributed by atoms with Crippen LogP contribution in [0.15, 0.2) is 30.6 Å². The van der Waals surface area contributed by atoms with Crippen molar-refractivity contribution < 1.29 is 14.9 Å². The molecule has 0 saturated carbocycles. The minimum atomic E-state index is -1.27. The first kappa shape index (κ1) is 14.1. The normalized spacial score (nSPS) is 29.5. The van der Waals surface area contributed by atoms with Gasteiger partial charge in [-0.3, -0.25) is 4.98 Å². The second-order valence-electron chi connectivity index (χ2n) is 5.08. The van der Waals surface area contributed by atoms with E-state index in [4.69, 9.17) is 10.5 Å². The van der Waals surface area contributed by atoms with Crippen LogP contribution in [0.25, 0.3) is 11.4 Å². The molecule has 0 aromatic carbocycles. The summed E-state index contributed by atoms with van der Waals surface area (Å²) in [6, 6.07) is 5.04. The lowest BCUT2D eigenvalue weighted by Crippen LogP contribution is -2.53. The van der Waals surface area contributed by atoms with Gasteiger partial charge in [0.15, 0.2) is 6.29 Å². The van der Waals surface area contributed by atoms with E-state index in [2.05, 4.69) is 15.3 Å². The third-order valence-corrected chi connectivity index (χ3v) is 3.45. The molecule has 21 heavy (non-hydrogen) atoms. The van der Waals surface area contributed by atoms with Crippen LogP contribution in [0.3, 0.4) is 0 Å². The van der Waals surface area contributed by atoms with Gasteiger partial charge >= 0.3 is 0 Å². The van der Waals surface area contributed by atoms with Gasteiger partial charge in [0.25, 0.3) is 0 Å². The second-order valence-corrected chi connectivity index (χ2v) is 5.08. The molecule has 4 N–H and O–H groups in total. The zero-order valence-corrected chi connectivity index (χ0v) is 11.3. The van der Waals surface area contributed by atoms with Crippen LogP contribution in [0, 0.1) is 0 Å². The number of ether oxygens (including phenoxy) is 1. The summed E-state index contributed by atoms with van der Waals surface area (Å²) in [4.78, 5) is 4.20. The van der Waals surface area contributed by atoms with Crippen LogP contribution in [0.2, 0.25) is 0 Å². The Morgan fingerprint density at radius 1 is 1.33 bits per heavy atom. The Morgan fingerprint density at radius 3 is 2.90 bits per heavy atom. The van der Waals surface area contributed by atoms with Gasteiger partial charge in [-0.15, -0.1) is 5.10 Å². The summed E-state index contributed by atoms with van der Waals surface area (Å²) >= 11 is 0. The van der Waals surface area contributed by atoms with Gasteiger partial charge in [0.2, 0.25) is 0 Å². The summed E-state index contributed by atoms with van der Waals surface area (Å²) in [6.45, 7) is 0.400. The van der Waals surface area contributed by atoms with Crippen molar-refractivity contribution in [3.8, 4) is 11.4 Å². The van der Waals surface area contributed by atoms with Gasteiger partial charge in [0.05, 0.1) is 24.5 Å². The molecule has 0 bridgehead atoms. The molecule has 8 heteroatoms. The number of nitrogens with zero attached hydrogens (tertiary/aromatic N) is 4. The number of hydrogen-bond acceptors (Lipinski definition) is 7. The van der Waals surface area contributed by atoms with E-state index < -0.39 is 18.4 Å². The van der Waals surface area contributed by atoms with Gasteiger partial charge in [0, 0.05) is 12.2 Å². The number of aliphatic hydroxyl groups excluding tert-OH is 2. The Morgan fingerprint density at radius 2 is 2.19 bits per heavy atom. The molecule has 0 radical (unpaired) electrons. The Hall–Kier alpha value is -1.87. The van der Waals surface area contributed by atoms with E-state index in [-0.39, 0.29) is 6.10 Å². The second kappa shape index (κ2) is 5.86. The van der Waals surface area contributed by atoms with Gasteiger partial charge in [0.1, 0.15) is 11.8 Å². The predicted octanol–water partition coefficient (Wildman–Crippen LogP) is -0.864. The van der Waals surface area contributed by atoms with Crippen molar-refractivity contribution in [2.45, 2.75) is 37.5 Å². The highest BCUT2D eigenvalue weighted by atomic mass is 16.6. The van der Waals surface area contributed by atoms with Crippen molar-refractivity contribution in [2.75, 3.05) is 0 Å². The Kier molecular flexibility index (Phi) is 3.93. The first-order valence-corrected chi connectivity index (χ1v) is 6.72. The molecule has 2 unspecified atom stereocenters. The van der Waals surface area contributed by atoms with E-state index in [9.17, 15) is 10.2 Å². The summed E-state index contributed by atoms with van der Waals surface area (Å²) in [7, 11) is 0. The topological polar surface area (TPSA) is 119 Å². The summed E-state index contributed by atoms with van der Waals surface area (Å²) in [5, 5.41) is 27.2. The number of hydrogen-bond donors (Lipinski definition) is 3. The fraction of sp³-hybridized carbons (Fsp3) is 0.462. The van der Waals surface area contributed by atoms with Crippen LogP contribution >= 0.6 is 0 Å². The van der Waals surface area contributed by atoms with Gasteiger partial charge in [-0.05, 0) is 18.6 Å². The van der Waals surface area contributed by atoms with Crippen molar-refractivity contribution in [3.63, 3.8) is 0 Å².